The quantitative estimate of drug-likeness (QED) is 0.183. The van der Waals surface area contributed by atoms with Crippen molar-refractivity contribution in [3.05, 3.63) is 150 Å². The summed E-state index contributed by atoms with van der Waals surface area (Å²) in [6.45, 7) is 14.3. The first kappa shape index (κ1) is 33.9. The van der Waals surface area contributed by atoms with Gasteiger partial charge in [-0.05, 0) is 99.4 Å². The number of nitrogens with zero attached hydrogens (tertiary/aromatic N) is 1. The Kier molecular flexibility index (Phi) is 6.71. The smallest absolute Gasteiger partial charge is 0.198 e. The average molecular weight is 753 g/mol. The number of nitrogens with one attached hydrogen (secondary N) is 1. The molecule has 0 radical (unpaired) electrons. The molecule has 3 aliphatic rings. The molecule has 58 heavy (non-hydrogen) atoms. The van der Waals surface area contributed by atoms with Gasteiger partial charge in [-0.1, -0.05) is 126 Å². The molecule has 9 aromatic rings. The van der Waals surface area contributed by atoms with Gasteiger partial charge in [-0.15, -0.1) is 0 Å². The van der Waals surface area contributed by atoms with Gasteiger partial charge < -0.3 is 19.1 Å². The summed E-state index contributed by atoms with van der Waals surface area (Å²) in [6.07, 6.45) is 2.35. The Balaban J connectivity index is 1.18. The summed E-state index contributed by atoms with van der Waals surface area (Å²) < 4.78 is 13.6. The highest BCUT2D eigenvalue weighted by Crippen LogP contribution is 2.54. The second-order valence-corrected chi connectivity index (χ2v) is 18.8. The van der Waals surface area contributed by atoms with Gasteiger partial charge in [0.25, 0.3) is 0 Å². The first-order chi connectivity index (χ1) is 28.0. The van der Waals surface area contributed by atoms with Gasteiger partial charge >= 0.3 is 0 Å². The second-order valence-electron chi connectivity index (χ2n) is 18.8. The van der Waals surface area contributed by atoms with Crippen molar-refractivity contribution in [2.24, 2.45) is 0 Å². The van der Waals surface area contributed by atoms with E-state index in [9.17, 15) is 0 Å². The summed E-state index contributed by atoms with van der Waals surface area (Å²) in [5.41, 5.74) is 19.9. The molecule has 4 heterocycles. The molecule has 0 fully saturated rings. The summed E-state index contributed by atoms with van der Waals surface area (Å²) >= 11 is 0. The minimum Gasteiger partial charge on any atom is -0.456 e. The molecule has 4 nitrogen and oxygen atoms in total. The van der Waals surface area contributed by atoms with Crippen molar-refractivity contribution in [1.29, 1.82) is 0 Å². The van der Waals surface area contributed by atoms with Crippen LogP contribution in [0.2, 0.25) is 0 Å². The molecule has 0 atom stereocenters. The van der Waals surface area contributed by atoms with Crippen molar-refractivity contribution in [1.82, 2.24) is 0 Å². The van der Waals surface area contributed by atoms with Gasteiger partial charge in [-0.25, -0.2) is 0 Å². The van der Waals surface area contributed by atoms with Crippen molar-refractivity contribution in [2.45, 2.75) is 70.6 Å². The number of hydrogen-bond donors (Lipinski definition) is 1. The summed E-state index contributed by atoms with van der Waals surface area (Å²) in [7, 11) is 0.789. The fraction of sp³-hybridized carbons (Fsp3) is 0.208. The van der Waals surface area contributed by atoms with Crippen LogP contribution in [0.3, 0.4) is 0 Å². The fourth-order valence-electron chi connectivity index (χ4n) is 10.9. The van der Waals surface area contributed by atoms with Crippen molar-refractivity contribution in [2.75, 3.05) is 10.2 Å². The maximum absolute atomic E-state index is 6.87. The molecule has 0 unspecified atom stereocenters. The molecule has 0 spiro atoms. The van der Waals surface area contributed by atoms with E-state index in [0.717, 1.165) is 80.2 Å². The number of fused-ring (bicyclic) bond motifs is 11. The third kappa shape index (κ3) is 4.59. The highest BCUT2D eigenvalue weighted by atomic mass is 16.3. The van der Waals surface area contributed by atoms with Gasteiger partial charge in [0.15, 0.2) is 7.28 Å². The van der Waals surface area contributed by atoms with Gasteiger partial charge in [-0.3, -0.25) is 0 Å². The predicted octanol–water partition coefficient (Wildman–Crippen LogP) is 13.1. The van der Waals surface area contributed by atoms with Crippen molar-refractivity contribution < 1.29 is 8.83 Å². The van der Waals surface area contributed by atoms with Gasteiger partial charge in [0.2, 0.25) is 0 Å². The Morgan fingerprint density at radius 1 is 0.552 bits per heavy atom. The molecule has 2 aliphatic heterocycles. The topological polar surface area (TPSA) is 41.6 Å². The van der Waals surface area contributed by atoms with Crippen LogP contribution in [0.4, 0.5) is 28.4 Å². The van der Waals surface area contributed by atoms with Crippen LogP contribution in [0.1, 0.15) is 76.6 Å². The van der Waals surface area contributed by atoms with Gasteiger partial charge in [0.1, 0.15) is 22.3 Å². The number of hydrogen-bond acceptors (Lipinski definition) is 4. The van der Waals surface area contributed by atoms with E-state index in [1.54, 1.807) is 0 Å². The van der Waals surface area contributed by atoms with E-state index >= 15 is 0 Å². The number of benzene rings is 7. The van der Waals surface area contributed by atoms with E-state index in [2.05, 4.69) is 179 Å². The number of furan rings is 2. The lowest BCUT2D eigenvalue weighted by Gasteiger charge is -2.46. The zero-order valence-electron chi connectivity index (χ0n) is 34.0. The highest BCUT2D eigenvalue weighted by Gasteiger charge is 2.42. The highest BCUT2D eigenvalue weighted by molar-refractivity contribution is 6.74. The van der Waals surface area contributed by atoms with Crippen molar-refractivity contribution >= 4 is 90.5 Å². The van der Waals surface area contributed by atoms with Gasteiger partial charge in [0.05, 0.1) is 5.69 Å². The normalized spacial score (nSPS) is 16.8. The molecule has 2 aromatic heterocycles. The predicted molar refractivity (Wildman–Crippen MR) is 245 cm³/mol. The van der Waals surface area contributed by atoms with Gasteiger partial charge in [-0.2, -0.15) is 0 Å². The monoisotopic (exact) mass is 752 g/mol. The molecule has 282 valence electrons. The first-order valence-electron chi connectivity index (χ1n) is 20.8. The number of rotatable bonds is 3. The van der Waals surface area contributed by atoms with Crippen LogP contribution in [0, 0.1) is 0 Å². The Hall–Kier alpha value is -6.20. The minimum absolute atomic E-state index is 0.0853. The summed E-state index contributed by atoms with van der Waals surface area (Å²) in [5.74, 6) is 0. The zero-order valence-corrected chi connectivity index (χ0v) is 34.0. The summed E-state index contributed by atoms with van der Waals surface area (Å²) in [6, 6.07) is 46.8. The van der Waals surface area contributed by atoms with Crippen LogP contribution in [0.25, 0.3) is 55.0 Å². The molecule has 12 rings (SSSR count). The Morgan fingerprint density at radius 3 is 2.07 bits per heavy atom. The lowest BCUT2D eigenvalue weighted by atomic mass is 9.55. The van der Waals surface area contributed by atoms with E-state index in [1.807, 2.05) is 0 Å². The van der Waals surface area contributed by atoms with Crippen molar-refractivity contribution in [3.8, 4) is 11.1 Å². The summed E-state index contributed by atoms with van der Waals surface area (Å²) in [4.78, 5) is 2.53. The third-order valence-corrected chi connectivity index (χ3v) is 14.1. The van der Waals surface area contributed by atoms with Crippen LogP contribution in [-0.2, 0) is 16.2 Å². The molecule has 7 aromatic carbocycles. The molecule has 1 aliphatic carbocycles. The summed E-state index contributed by atoms with van der Waals surface area (Å²) in [5, 5.41) is 8.51. The molecule has 0 amide bonds. The van der Waals surface area contributed by atoms with Crippen LogP contribution in [-0.4, -0.2) is 7.28 Å². The second kappa shape index (κ2) is 11.5. The van der Waals surface area contributed by atoms with E-state index in [-0.39, 0.29) is 16.2 Å². The maximum atomic E-state index is 6.87. The number of anilines is 5. The molecule has 0 bridgehead atoms. The largest absolute Gasteiger partial charge is 0.456 e. The molecular formula is C53H45BN2O2. The molecule has 0 saturated carbocycles. The van der Waals surface area contributed by atoms with Crippen molar-refractivity contribution in [3.63, 3.8) is 0 Å². The standard InChI is InChI=1S/C53H45BN2O2/c1-51(2)24-25-52(3,4)38-26-30(22-23-35(38)51)55-40-27-33-31-14-7-11-20-43(31)57-45(33)28-34(40)48-47-32-15-8-12-21-44(32)58-46(47)29-42-49(48)54-39-18-13-17-37-50(39)56(42)41-19-10-9-16-36(41)53(37,5)6/h7-23,26-29,54-55H,24-25H2,1-6H3. The van der Waals surface area contributed by atoms with Crippen LogP contribution in [0.15, 0.2) is 136 Å². The van der Waals surface area contributed by atoms with Gasteiger partial charge in [0, 0.05) is 61.3 Å². The average Bonchev–Trinajstić information content (AvgIpc) is 3.78. The third-order valence-electron chi connectivity index (χ3n) is 14.1. The zero-order chi connectivity index (χ0) is 39.3. The minimum atomic E-state index is -0.149. The van der Waals surface area contributed by atoms with Crippen LogP contribution < -0.4 is 21.1 Å². The number of para-hydroxylation sites is 4. The molecule has 5 heteroatoms. The first-order valence-corrected chi connectivity index (χ1v) is 20.8. The molecule has 0 saturated heterocycles. The Labute approximate surface area is 339 Å². The Bertz CT molecular complexity index is 3230. The van der Waals surface area contributed by atoms with Crippen LogP contribution in [0.5, 0.6) is 0 Å². The van der Waals surface area contributed by atoms with E-state index in [0.29, 0.717) is 0 Å². The Morgan fingerprint density at radius 2 is 1.24 bits per heavy atom. The van der Waals surface area contributed by atoms with Crippen LogP contribution >= 0.6 is 0 Å². The molecular weight excluding hydrogens is 707 g/mol. The van der Waals surface area contributed by atoms with E-state index in [4.69, 9.17) is 8.83 Å². The molecule has 1 N–H and O–H groups in total. The SMILES string of the molecule is CC1(C)CCC(C)(C)c2cc(Nc3cc4c(cc3-c3c5c(cc6oc7ccccc7c36)N3c6ccccc6C(C)(C)c6cccc(c63)B5)oc3ccccc34)ccc21. The van der Waals surface area contributed by atoms with E-state index < -0.39 is 0 Å². The fourth-order valence-corrected chi connectivity index (χ4v) is 10.9. The maximum Gasteiger partial charge on any atom is 0.198 e. The lowest BCUT2D eigenvalue weighted by Crippen LogP contribution is -2.45. The van der Waals surface area contributed by atoms with E-state index in [1.165, 1.54) is 56.5 Å². The lowest BCUT2D eigenvalue weighted by molar-refractivity contribution is 0.332.